The largest absolute Gasteiger partial charge is 0.298 e. The molecule has 1 aromatic carbocycles. The molecule has 0 saturated heterocycles. The summed E-state index contributed by atoms with van der Waals surface area (Å²) < 4.78 is 1.81. The van der Waals surface area contributed by atoms with Crippen molar-refractivity contribution in [1.29, 1.82) is 0 Å². The molecule has 0 amide bonds. The molecule has 3 rings (SSSR count). The molecule has 0 unspecified atom stereocenters. The number of aromatic nitrogens is 2. The Morgan fingerprint density at radius 2 is 1.83 bits per heavy atom. The summed E-state index contributed by atoms with van der Waals surface area (Å²) in [5.41, 5.74) is 2.69. The van der Waals surface area contributed by atoms with Crippen LogP contribution in [0.3, 0.4) is 0 Å². The normalized spacial score (nSPS) is 14.7. The van der Waals surface area contributed by atoms with E-state index in [9.17, 15) is 4.79 Å². The summed E-state index contributed by atoms with van der Waals surface area (Å²) >= 11 is 0. The maximum atomic E-state index is 12.8. The highest BCUT2D eigenvalue weighted by Crippen LogP contribution is 2.27. The van der Waals surface area contributed by atoms with E-state index >= 15 is 0 Å². The van der Waals surface area contributed by atoms with Crippen LogP contribution < -0.4 is 10.5 Å². The van der Waals surface area contributed by atoms with Gasteiger partial charge in [-0.3, -0.25) is 19.2 Å². The van der Waals surface area contributed by atoms with Crippen LogP contribution in [0.5, 0.6) is 0 Å². The molecule has 5 nitrogen and oxygen atoms in total. The molecule has 0 atom stereocenters. The average molecular weight is 326 g/mol. The number of fused-ring (bicyclic) bond motifs is 1. The maximum Gasteiger partial charge on any atom is 0.259 e. The van der Waals surface area contributed by atoms with E-state index in [4.69, 9.17) is 4.98 Å². The van der Waals surface area contributed by atoms with Crippen molar-refractivity contribution in [2.75, 3.05) is 18.1 Å². The predicted molar refractivity (Wildman–Crippen MR) is 97.7 cm³/mol. The third kappa shape index (κ3) is 3.22. The second kappa shape index (κ2) is 7.18. The van der Waals surface area contributed by atoms with Crippen LogP contribution in [0.2, 0.25) is 0 Å². The average Bonchev–Trinajstić information content (AvgIpc) is 2.61. The zero-order valence-electron chi connectivity index (χ0n) is 14.8. The maximum absolute atomic E-state index is 12.8. The van der Waals surface area contributed by atoms with Crippen molar-refractivity contribution in [2.45, 2.75) is 46.7 Å². The van der Waals surface area contributed by atoms with Crippen molar-refractivity contribution < 1.29 is 0 Å². The van der Waals surface area contributed by atoms with Crippen LogP contribution in [0, 0.1) is 13.8 Å². The minimum absolute atomic E-state index is 0.0682. The number of nitrogens with zero attached hydrogens (tertiary/aromatic N) is 4. The lowest BCUT2D eigenvalue weighted by atomic mass is 10.2. The first-order chi connectivity index (χ1) is 11.6. The molecule has 1 aliphatic rings. The van der Waals surface area contributed by atoms with Crippen molar-refractivity contribution in [3.8, 4) is 0 Å². The number of aryl methyl sites for hydroxylation is 1. The van der Waals surface area contributed by atoms with E-state index in [0.29, 0.717) is 6.67 Å². The Morgan fingerprint density at radius 3 is 2.54 bits per heavy atom. The van der Waals surface area contributed by atoms with Gasteiger partial charge in [0, 0.05) is 23.5 Å². The van der Waals surface area contributed by atoms with Crippen LogP contribution in [-0.4, -0.2) is 27.7 Å². The van der Waals surface area contributed by atoms with Crippen molar-refractivity contribution >= 4 is 11.6 Å². The summed E-state index contributed by atoms with van der Waals surface area (Å²) in [5, 5.41) is 0. The topological polar surface area (TPSA) is 41.4 Å². The summed E-state index contributed by atoms with van der Waals surface area (Å²) in [5.74, 6) is 0.751. The van der Waals surface area contributed by atoms with Crippen molar-refractivity contribution in [2.24, 2.45) is 0 Å². The zero-order valence-corrected chi connectivity index (χ0v) is 14.8. The number of para-hydroxylation sites is 1. The standard InChI is InChI=1S/C19H26N4O/c1-4-5-9-12-21-13-22(17-10-7-6-8-11-17)19-20-16(3)15(2)18(24)23(19)14-21/h6-8,10-11H,4-5,9,12-14H2,1-3H3. The van der Waals surface area contributed by atoms with E-state index in [0.717, 1.165) is 42.5 Å². The van der Waals surface area contributed by atoms with Crippen LogP contribution in [0.15, 0.2) is 35.1 Å². The summed E-state index contributed by atoms with van der Waals surface area (Å²) in [7, 11) is 0. The fourth-order valence-electron chi connectivity index (χ4n) is 3.12. The molecule has 0 radical (unpaired) electrons. The number of hydrogen-bond acceptors (Lipinski definition) is 4. The van der Waals surface area contributed by atoms with Gasteiger partial charge in [0.2, 0.25) is 5.95 Å². The van der Waals surface area contributed by atoms with Crippen LogP contribution in [0.4, 0.5) is 11.6 Å². The van der Waals surface area contributed by atoms with Crippen molar-refractivity contribution in [1.82, 2.24) is 14.5 Å². The Balaban J connectivity index is 2.01. The van der Waals surface area contributed by atoms with Crippen molar-refractivity contribution in [3.63, 3.8) is 0 Å². The van der Waals surface area contributed by atoms with E-state index < -0.39 is 0 Å². The van der Waals surface area contributed by atoms with Gasteiger partial charge in [0.05, 0.1) is 13.3 Å². The highest BCUT2D eigenvalue weighted by atomic mass is 16.1. The Bertz CT molecular complexity index is 754. The van der Waals surface area contributed by atoms with E-state index in [1.165, 1.54) is 12.8 Å². The molecule has 0 bridgehead atoms. The minimum Gasteiger partial charge on any atom is -0.298 e. The SMILES string of the molecule is CCCCCN1CN(c2ccccc2)c2nc(C)c(C)c(=O)n2C1. The highest BCUT2D eigenvalue weighted by Gasteiger charge is 2.26. The predicted octanol–water partition coefficient (Wildman–Crippen LogP) is 3.42. The molecule has 2 aromatic rings. The Morgan fingerprint density at radius 1 is 1.08 bits per heavy atom. The van der Waals surface area contributed by atoms with Gasteiger partial charge in [-0.05, 0) is 32.4 Å². The fraction of sp³-hybridized carbons (Fsp3) is 0.474. The molecule has 5 heteroatoms. The van der Waals surface area contributed by atoms with E-state index in [-0.39, 0.29) is 5.56 Å². The number of hydrogen-bond donors (Lipinski definition) is 0. The first-order valence-electron chi connectivity index (χ1n) is 8.74. The van der Waals surface area contributed by atoms with Crippen LogP contribution in [-0.2, 0) is 6.67 Å². The monoisotopic (exact) mass is 326 g/mol. The lowest BCUT2D eigenvalue weighted by Gasteiger charge is -2.38. The van der Waals surface area contributed by atoms with Crippen molar-refractivity contribution in [3.05, 3.63) is 51.9 Å². The molecule has 1 aliphatic heterocycles. The van der Waals surface area contributed by atoms with Crippen LogP contribution in [0.1, 0.15) is 37.4 Å². The number of benzene rings is 1. The van der Waals surface area contributed by atoms with Gasteiger partial charge in [-0.15, -0.1) is 0 Å². The molecule has 0 aliphatic carbocycles. The smallest absolute Gasteiger partial charge is 0.259 e. The van der Waals surface area contributed by atoms with E-state index in [2.05, 4.69) is 28.9 Å². The second-order valence-electron chi connectivity index (χ2n) is 6.50. The quantitative estimate of drug-likeness (QED) is 0.790. The lowest BCUT2D eigenvalue weighted by molar-refractivity contribution is 0.194. The summed E-state index contributed by atoms with van der Waals surface area (Å²) in [6, 6.07) is 10.2. The molecular formula is C19H26N4O. The van der Waals surface area contributed by atoms with Gasteiger partial charge in [-0.25, -0.2) is 4.98 Å². The van der Waals surface area contributed by atoms with Gasteiger partial charge in [0.25, 0.3) is 5.56 Å². The lowest BCUT2D eigenvalue weighted by Crippen LogP contribution is -2.48. The number of rotatable bonds is 5. The minimum atomic E-state index is 0.0682. The van der Waals surface area contributed by atoms with E-state index in [1.807, 2.05) is 36.6 Å². The zero-order chi connectivity index (χ0) is 17.1. The molecule has 1 aromatic heterocycles. The summed E-state index contributed by atoms with van der Waals surface area (Å²) in [6.07, 6.45) is 3.57. The second-order valence-corrected chi connectivity index (χ2v) is 6.50. The fourth-order valence-corrected chi connectivity index (χ4v) is 3.12. The van der Waals surface area contributed by atoms with Gasteiger partial charge in [-0.1, -0.05) is 38.0 Å². The summed E-state index contributed by atoms with van der Waals surface area (Å²) in [6.45, 7) is 8.37. The Hall–Kier alpha value is -2.14. The van der Waals surface area contributed by atoms with Crippen LogP contribution in [0.25, 0.3) is 0 Å². The molecule has 24 heavy (non-hydrogen) atoms. The van der Waals surface area contributed by atoms with Crippen LogP contribution >= 0.6 is 0 Å². The molecule has 0 spiro atoms. The van der Waals surface area contributed by atoms with Gasteiger partial charge >= 0.3 is 0 Å². The first kappa shape index (κ1) is 16.7. The molecule has 0 saturated carbocycles. The third-order valence-electron chi connectivity index (χ3n) is 4.69. The molecule has 2 heterocycles. The molecule has 128 valence electrons. The first-order valence-corrected chi connectivity index (χ1v) is 8.74. The van der Waals surface area contributed by atoms with Gasteiger partial charge < -0.3 is 0 Å². The Kier molecular flexibility index (Phi) is 5.00. The van der Waals surface area contributed by atoms with E-state index in [1.54, 1.807) is 0 Å². The molecular weight excluding hydrogens is 300 g/mol. The van der Waals surface area contributed by atoms with Gasteiger partial charge in [0.15, 0.2) is 0 Å². The van der Waals surface area contributed by atoms with Gasteiger partial charge in [-0.2, -0.15) is 0 Å². The number of unbranched alkanes of at least 4 members (excludes halogenated alkanes) is 2. The summed E-state index contributed by atoms with van der Waals surface area (Å²) in [4.78, 5) is 22.0. The molecule has 0 N–H and O–H groups in total. The number of anilines is 2. The van der Waals surface area contributed by atoms with Gasteiger partial charge in [0.1, 0.15) is 0 Å². The Labute approximate surface area is 143 Å². The highest BCUT2D eigenvalue weighted by molar-refractivity contribution is 5.58. The third-order valence-corrected chi connectivity index (χ3v) is 4.69. The molecule has 0 fully saturated rings.